The average molecular weight is 779 g/mol. The number of rotatable bonds is 7. The molecule has 0 bridgehead atoms. The van der Waals surface area contributed by atoms with Crippen LogP contribution in [0.4, 0.5) is 34.1 Å². The predicted molar refractivity (Wildman–Crippen MR) is 257 cm³/mol. The molecule has 286 valence electrons. The summed E-state index contributed by atoms with van der Waals surface area (Å²) in [5.74, 6) is 1.70. The fourth-order valence-corrected chi connectivity index (χ4v) is 9.42. The Morgan fingerprint density at radius 2 is 0.869 bits per heavy atom. The molecular weight excluding hydrogens is 741 g/mol. The molecule has 11 aromatic carbocycles. The molecule has 1 heterocycles. The van der Waals surface area contributed by atoms with Crippen molar-refractivity contribution in [2.24, 2.45) is 0 Å². The minimum atomic E-state index is 0.836. The van der Waals surface area contributed by atoms with E-state index in [0.717, 1.165) is 62.1 Å². The van der Waals surface area contributed by atoms with Crippen molar-refractivity contribution in [2.75, 3.05) is 9.80 Å². The molecule has 0 spiro atoms. The van der Waals surface area contributed by atoms with E-state index in [1.807, 2.05) is 0 Å². The van der Waals surface area contributed by atoms with E-state index in [1.165, 1.54) is 48.8 Å². The van der Waals surface area contributed by atoms with Crippen LogP contribution >= 0.6 is 0 Å². The Morgan fingerprint density at radius 3 is 1.66 bits per heavy atom. The first-order valence-electron chi connectivity index (χ1n) is 20.8. The van der Waals surface area contributed by atoms with Gasteiger partial charge in [0.15, 0.2) is 0 Å². The molecule has 0 saturated heterocycles. The summed E-state index contributed by atoms with van der Waals surface area (Å²) >= 11 is 0. The fraction of sp³-hybridized carbons (Fsp3) is 0. The molecule has 1 aliphatic heterocycles. The van der Waals surface area contributed by atoms with Crippen molar-refractivity contribution >= 4 is 77.2 Å². The van der Waals surface area contributed by atoms with Crippen LogP contribution in [0.1, 0.15) is 0 Å². The molecular formula is C58H38N2O. The van der Waals surface area contributed by atoms with Crippen molar-refractivity contribution in [3.8, 4) is 33.8 Å². The van der Waals surface area contributed by atoms with Gasteiger partial charge in [-0.1, -0.05) is 152 Å². The van der Waals surface area contributed by atoms with E-state index in [9.17, 15) is 0 Å². The van der Waals surface area contributed by atoms with E-state index >= 15 is 0 Å². The first-order valence-corrected chi connectivity index (χ1v) is 20.8. The number of hydrogen-bond donors (Lipinski definition) is 0. The van der Waals surface area contributed by atoms with Gasteiger partial charge in [0.2, 0.25) is 0 Å². The summed E-state index contributed by atoms with van der Waals surface area (Å²) in [6.45, 7) is 0. The van der Waals surface area contributed by atoms with Crippen LogP contribution in [0.25, 0.3) is 65.3 Å². The molecule has 0 N–H and O–H groups in total. The third-order valence-electron chi connectivity index (χ3n) is 12.2. The Kier molecular flexibility index (Phi) is 8.17. The topological polar surface area (TPSA) is 15.7 Å². The van der Waals surface area contributed by atoms with Crippen molar-refractivity contribution in [1.29, 1.82) is 0 Å². The van der Waals surface area contributed by atoms with E-state index in [0.29, 0.717) is 0 Å². The molecule has 0 atom stereocenters. The van der Waals surface area contributed by atoms with Gasteiger partial charge in [0.1, 0.15) is 11.5 Å². The van der Waals surface area contributed by atoms with Crippen molar-refractivity contribution in [3.05, 3.63) is 231 Å². The van der Waals surface area contributed by atoms with Crippen LogP contribution in [-0.2, 0) is 0 Å². The number of hydrogen-bond acceptors (Lipinski definition) is 3. The van der Waals surface area contributed by atoms with Crippen LogP contribution in [-0.4, -0.2) is 0 Å². The number of para-hydroxylation sites is 3. The molecule has 0 aliphatic carbocycles. The molecule has 0 fully saturated rings. The van der Waals surface area contributed by atoms with Gasteiger partial charge in [-0.15, -0.1) is 0 Å². The van der Waals surface area contributed by atoms with E-state index in [-0.39, 0.29) is 0 Å². The van der Waals surface area contributed by atoms with Crippen LogP contribution in [0.3, 0.4) is 0 Å². The molecule has 61 heavy (non-hydrogen) atoms. The van der Waals surface area contributed by atoms with Gasteiger partial charge < -0.3 is 14.5 Å². The summed E-state index contributed by atoms with van der Waals surface area (Å²) in [7, 11) is 0. The zero-order valence-electron chi connectivity index (χ0n) is 33.2. The van der Waals surface area contributed by atoms with Crippen LogP contribution < -0.4 is 14.5 Å². The van der Waals surface area contributed by atoms with E-state index in [2.05, 4.69) is 240 Å². The summed E-state index contributed by atoms with van der Waals surface area (Å²) in [5.41, 5.74) is 11.1. The highest BCUT2D eigenvalue weighted by atomic mass is 16.5. The summed E-state index contributed by atoms with van der Waals surface area (Å²) in [4.78, 5) is 4.75. The maximum atomic E-state index is 6.98. The maximum absolute atomic E-state index is 6.98. The van der Waals surface area contributed by atoms with Gasteiger partial charge in [-0.3, -0.25) is 0 Å². The van der Waals surface area contributed by atoms with Crippen LogP contribution in [0.5, 0.6) is 11.5 Å². The highest BCUT2D eigenvalue weighted by molar-refractivity contribution is 6.25. The van der Waals surface area contributed by atoms with E-state index in [4.69, 9.17) is 4.74 Å². The smallest absolute Gasteiger partial charge is 0.137 e. The Morgan fingerprint density at radius 1 is 0.279 bits per heavy atom. The summed E-state index contributed by atoms with van der Waals surface area (Å²) < 4.78 is 6.98. The van der Waals surface area contributed by atoms with Crippen molar-refractivity contribution in [2.45, 2.75) is 0 Å². The third-order valence-corrected chi connectivity index (χ3v) is 12.2. The minimum Gasteiger partial charge on any atom is -0.456 e. The van der Waals surface area contributed by atoms with Gasteiger partial charge in [-0.25, -0.2) is 0 Å². The molecule has 12 rings (SSSR count). The molecule has 0 radical (unpaired) electrons. The molecule has 0 saturated carbocycles. The van der Waals surface area contributed by atoms with Gasteiger partial charge in [0, 0.05) is 50.7 Å². The number of benzene rings is 11. The lowest BCUT2D eigenvalue weighted by Gasteiger charge is -2.30. The first-order chi connectivity index (χ1) is 30.3. The second kappa shape index (κ2) is 14.3. The summed E-state index contributed by atoms with van der Waals surface area (Å²) in [6, 6.07) is 82.8. The maximum Gasteiger partial charge on any atom is 0.137 e. The Balaban J connectivity index is 1.06. The molecule has 3 nitrogen and oxygen atoms in total. The molecule has 0 amide bonds. The van der Waals surface area contributed by atoms with Crippen LogP contribution in [0.2, 0.25) is 0 Å². The molecule has 1 aliphatic rings. The lowest BCUT2D eigenvalue weighted by atomic mass is 9.88. The molecule has 3 heteroatoms. The zero-order valence-corrected chi connectivity index (χ0v) is 33.2. The van der Waals surface area contributed by atoms with Gasteiger partial charge in [-0.05, 0) is 116 Å². The van der Waals surface area contributed by atoms with E-state index in [1.54, 1.807) is 0 Å². The quantitative estimate of drug-likeness (QED) is 0.150. The van der Waals surface area contributed by atoms with Crippen molar-refractivity contribution in [1.82, 2.24) is 0 Å². The second-order valence-corrected chi connectivity index (χ2v) is 15.7. The monoisotopic (exact) mass is 778 g/mol. The van der Waals surface area contributed by atoms with Crippen LogP contribution in [0.15, 0.2) is 231 Å². The van der Waals surface area contributed by atoms with Gasteiger partial charge in [-0.2, -0.15) is 0 Å². The van der Waals surface area contributed by atoms with Crippen molar-refractivity contribution in [3.63, 3.8) is 0 Å². The number of nitrogens with zero attached hydrogens (tertiary/aromatic N) is 2. The molecule has 11 aromatic rings. The SMILES string of the molecule is c1ccc(-c2ccccc2N(c2ccccc2)c2ccc3c(c2)Oc2cccc4c2c-3cc2c3ccccc3c(N(c3ccccc3)c3ccc5ccccc5c3)cc42)cc1. The van der Waals surface area contributed by atoms with Crippen LogP contribution in [0, 0.1) is 0 Å². The fourth-order valence-electron chi connectivity index (χ4n) is 9.42. The second-order valence-electron chi connectivity index (χ2n) is 15.7. The lowest BCUT2D eigenvalue weighted by molar-refractivity contribution is 0.487. The molecule has 0 unspecified atom stereocenters. The zero-order chi connectivity index (χ0) is 40.3. The number of anilines is 6. The van der Waals surface area contributed by atoms with Gasteiger partial charge >= 0.3 is 0 Å². The van der Waals surface area contributed by atoms with Gasteiger partial charge in [0.25, 0.3) is 0 Å². The first kappa shape index (κ1) is 34.9. The average Bonchev–Trinajstić information content (AvgIpc) is 3.33. The number of ether oxygens (including phenoxy) is 1. The summed E-state index contributed by atoms with van der Waals surface area (Å²) in [6.07, 6.45) is 0. The Labute approximate surface area is 354 Å². The largest absolute Gasteiger partial charge is 0.456 e. The Hall–Kier alpha value is -8.14. The standard InChI is InChI=1S/C58H38N2O/c1-4-18-40(19-5-1)46-25-14-15-29-54(46)59(42-21-6-2-7-22-42)45-33-34-49-53-37-51-47-26-12-13-27-48(47)55(38-52(51)50-28-16-30-56(58(50)53)61-57(49)36-45)60(43-23-8-3-9-24-43)44-32-31-39-17-10-11-20-41(39)35-44/h1-38H. The van der Waals surface area contributed by atoms with Gasteiger partial charge in [0.05, 0.1) is 11.4 Å². The van der Waals surface area contributed by atoms with E-state index < -0.39 is 0 Å². The van der Waals surface area contributed by atoms with Crippen molar-refractivity contribution < 1.29 is 4.74 Å². The summed E-state index contributed by atoms with van der Waals surface area (Å²) in [5, 5.41) is 9.52. The number of fused-ring (bicyclic) bond motifs is 7. The molecule has 0 aromatic heterocycles. The Bertz CT molecular complexity index is 3450. The normalized spacial score (nSPS) is 11.7. The lowest BCUT2D eigenvalue weighted by Crippen LogP contribution is -2.11. The highest BCUT2D eigenvalue weighted by Gasteiger charge is 2.26. The predicted octanol–water partition coefficient (Wildman–Crippen LogP) is 16.7. The third kappa shape index (κ3) is 5.82. The minimum absolute atomic E-state index is 0.836. The highest BCUT2D eigenvalue weighted by Crippen LogP contribution is 2.53.